The summed E-state index contributed by atoms with van der Waals surface area (Å²) in [4.78, 5) is 13.7. The van der Waals surface area contributed by atoms with E-state index < -0.39 is 0 Å². The molecule has 1 atom stereocenters. The SMILES string of the molecule is CC1CC(=O)N(C)c2cccc(C(C)C)c2N1. The molecule has 0 radical (unpaired) electrons. The van der Waals surface area contributed by atoms with E-state index in [2.05, 4.69) is 32.2 Å². The zero-order valence-electron chi connectivity index (χ0n) is 10.9. The van der Waals surface area contributed by atoms with Crippen LogP contribution in [-0.2, 0) is 4.79 Å². The largest absolute Gasteiger partial charge is 0.380 e. The van der Waals surface area contributed by atoms with Crippen LogP contribution in [0.3, 0.4) is 0 Å². The molecule has 1 aromatic rings. The Morgan fingerprint density at radius 3 is 2.76 bits per heavy atom. The van der Waals surface area contributed by atoms with Gasteiger partial charge in [0, 0.05) is 19.5 Å². The van der Waals surface area contributed by atoms with Crippen molar-refractivity contribution in [3.8, 4) is 0 Å². The average molecular weight is 232 g/mol. The lowest BCUT2D eigenvalue weighted by Gasteiger charge is -2.21. The standard InChI is InChI=1S/C14H20N2O/c1-9(2)11-6-5-7-12-14(11)15-10(3)8-13(17)16(12)4/h5-7,9-10,15H,8H2,1-4H3. The fraction of sp³-hybridized carbons (Fsp3) is 0.500. The third-order valence-corrected chi connectivity index (χ3v) is 3.30. The van der Waals surface area contributed by atoms with Crippen molar-refractivity contribution in [1.82, 2.24) is 0 Å². The number of hydrogen-bond donors (Lipinski definition) is 1. The number of anilines is 2. The maximum absolute atomic E-state index is 12.0. The number of benzene rings is 1. The van der Waals surface area contributed by atoms with Crippen molar-refractivity contribution < 1.29 is 4.79 Å². The third-order valence-electron chi connectivity index (χ3n) is 3.30. The molecule has 17 heavy (non-hydrogen) atoms. The first kappa shape index (κ1) is 12.0. The highest BCUT2D eigenvalue weighted by atomic mass is 16.2. The van der Waals surface area contributed by atoms with Crippen molar-refractivity contribution in [3.63, 3.8) is 0 Å². The van der Waals surface area contributed by atoms with Crippen molar-refractivity contribution in [1.29, 1.82) is 0 Å². The Balaban J connectivity index is 2.56. The van der Waals surface area contributed by atoms with E-state index in [-0.39, 0.29) is 11.9 Å². The maximum Gasteiger partial charge on any atom is 0.228 e. The molecular formula is C14H20N2O. The number of fused-ring (bicyclic) bond motifs is 1. The van der Waals surface area contributed by atoms with E-state index >= 15 is 0 Å². The van der Waals surface area contributed by atoms with Crippen LogP contribution in [0.15, 0.2) is 18.2 Å². The molecule has 3 nitrogen and oxygen atoms in total. The molecule has 0 bridgehead atoms. The second kappa shape index (κ2) is 4.40. The number of nitrogens with one attached hydrogen (secondary N) is 1. The minimum absolute atomic E-state index is 0.171. The Labute approximate surface area is 103 Å². The molecule has 1 unspecified atom stereocenters. The summed E-state index contributed by atoms with van der Waals surface area (Å²) in [7, 11) is 1.85. The number of amides is 1. The number of para-hydroxylation sites is 1. The van der Waals surface area contributed by atoms with Gasteiger partial charge in [-0.1, -0.05) is 26.0 Å². The summed E-state index contributed by atoms with van der Waals surface area (Å²) in [6.45, 7) is 6.40. The summed E-state index contributed by atoms with van der Waals surface area (Å²) in [5, 5.41) is 3.47. The van der Waals surface area contributed by atoms with E-state index in [1.807, 2.05) is 19.2 Å². The van der Waals surface area contributed by atoms with Gasteiger partial charge < -0.3 is 10.2 Å². The Bertz CT molecular complexity index is 440. The van der Waals surface area contributed by atoms with Crippen LogP contribution in [0.2, 0.25) is 0 Å². The molecule has 3 heteroatoms. The quantitative estimate of drug-likeness (QED) is 0.807. The Morgan fingerprint density at radius 2 is 2.12 bits per heavy atom. The van der Waals surface area contributed by atoms with Crippen molar-refractivity contribution in [2.24, 2.45) is 0 Å². The predicted molar refractivity (Wildman–Crippen MR) is 71.6 cm³/mol. The molecule has 0 aromatic heterocycles. The molecule has 1 heterocycles. The molecule has 1 aliphatic heterocycles. The first-order chi connectivity index (χ1) is 8.00. The summed E-state index contributed by atoms with van der Waals surface area (Å²) in [6.07, 6.45) is 0.544. The summed E-state index contributed by atoms with van der Waals surface area (Å²) in [6, 6.07) is 6.35. The third kappa shape index (κ3) is 2.14. The van der Waals surface area contributed by atoms with Gasteiger partial charge in [-0.2, -0.15) is 0 Å². The maximum atomic E-state index is 12.0. The van der Waals surface area contributed by atoms with Crippen LogP contribution in [0.1, 0.15) is 38.7 Å². The second-order valence-electron chi connectivity index (χ2n) is 5.10. The van der Waals surface area contributed by atoms with Crippen LogP contribution in [0.4, 0.5) is 11.4 Å². The van der Waals surface area contributed by atoms with E-state index in [1.54, 1.807) is 4.90 Å². The summed E-state index contributed by atoms with van der Waals surface area (Å²) in [5.74, 6) is 0.621. The highest BCUT2D eigenvalue weighted by molar-refractivity contribution is 5.98. The van der Waals surface area contributed by atoms with Crippen LogP contribution < -0.4 is 10.2 Å². The van der Waals surface area contributed by atoms with Crippen molar-refractivity contribution in [2.45, 2.75) is 39.2 Å². The van der Waals surface area contributed by atoms with Crippen molar-refractivity contribution in [3.05, 3.63) is 23.8 Å². The van der Waals surface area contributed by atoms with Crippen LogP contribution in [0, 0.1) is 0 Å². The lowest BCUT2D eigenvalue weighted by atomic mass is 9.99. The normalized spacial score (nSPS) is 19.9. The molecule has 0 fully saturated rings. The van der Waals surface area contributed by atoms with Crippen molar-refractivity contribution in [2.75, 3.05) is 17.3 Å². The van der Waals surface area contributed by atoms with Gasteiger partial charge in [-0.05, 0) is 24.5 Å². The highest BCUT2D eigenvalue weighted by Gasteiger charge is 2.24. The van der Waals surface area contributed by atoms with E-state index in [9.17, 15) is 4.79 Å². The zero-order chi connectivity index (χ0) is 12.6. The van der Waals surface area contributed by atoms with Crippen LogP contribution >= 0.6 is 0 Å². The van der Waals surface area contributed by atoms with Gasteiger partial charge >= 0.3 is 0 Å². The van der Waals surface area contributed by atoms with E-state index in [1.165, 1.54) is 5.56 Å². The van der Waals surface area contributed by atoms with Crippen LogP contribution in [0.5, 0.6) is 0 Å². The minimum Gasteiger partial charge on any atom is -0.380 e. The van der Waals surface area contributed by atoms with Crippen molar-refractivity contribution >= 4 is 17.3 Å². The van der Waals surface area contributed by atoms with E-state index in [4.69, 9.17) is 0 Å². The van der Waals surface area contributed by atoms with Gasteiger partial charge in [0.15, 0.2) is 0 Å². The molecule has 1 amide bonds. The molecule has 92 valence electrons. The van der Waals surface area contributed by atoms with Gasteiger partial charge in [0.05, 0.1) is 11.4 Å². The highest BCUT2D eigenvalue weighted by Crippen LogP contribution is 2.36. The first-order valence-corrected chi connectivity index (χ1v) is 6.16. The topological polar surface area (TPSA) is 32.3 Å². The average Bonchev–Trinajstić information content (AvgIpc) is 2.37. The first-order valence-electron chi connectivity index (χ1n) is 6.16. The lowest BCUT2D eigenvalue weighted by Crippen LogP contribution is -2.27. The monoisotopic (exact) mass is 232 g/mol. The molecule has 0 saturated heterocycles. The number of hydrogen-bond acceptors (Lipinski definition) is 2. The number of nitrogens with zero attached hydrogens (tertiary/aromatic N) is 1. The number of carbonyl (C=O) groups is 1. The number of carbonyl (C=O) groups excluding carboxylic acids is 1. The van der Waals surface area contributed by atoms with Gasteiger partial charge in [0.1, 0.15) is 0 Å². The van der Waals surface area contributed by atoms with Gasteiger partial charge in [-0.3, -0.25) is 4.79 Å². The molecular weight excluding hydrogens is 212 g/mol. The van der Waals surface area contributed by atoms with Crippen LogP contribution in [0.25, 0.3) is 0 Å². The van der Waals surface area contributed by atoms with Gasteiger partial charge in [-0.25, -0.2) is 0 Å². The minimum atomic E-state index is 0.171. The molecule has 1 N–H and O–H groups in total. The summed E-state index contributed by atoms with van der Waals surface area (Å²) >= 11 is 0. The second-order valence-corrected chi connectivity index (χ2v) is 5.10. The fourth-order valence-electron chi connectivity index (χ4n) is 2.31. The van der Waals surface area contributed by atoms with Crippen LogP contribution in [-0.4, -0.2) is 19.0 Å². The fourth-order valence-corrected chi connectivity index (χ4v) is 2.31. The molecule has 0 saturated carbocycles. The van der Waals surface area contributed by atoms with Gasteiger partial charge in [-0.15, -0.1) is 0 Å². The smallest absolute Gasteiger partial charge is 0.228 e. The molecule has 1 aliphatic rings. The number of rotatable bonds is 1. The van der Waals surface area contributed by atoms with Gasteiger partial charge in [0.2, 0.25) is 5.91 Å². The summed E-state index contributed by atoms with van der Waals surface area (Å²) in [5.41, 5.74) is 3.38. The molecule has 1 aromatic carbocycles. The Kier molecular flexibility index (Phi) is 3.09. The summed E-state index contributed by atoms with van der Waals surface area (Å²) < 4.78 is 0. The Morgan fingerprint density at radius 1 is 1.41 bits per heavy atom. The lowest BCUT2D eigenvalue weighted by molar-refractivity contribution is -0.118. The predicted octanol–water partition coefficient (Wildman–Crippen LogP) is 2.98. The molecule has 0 spiro atoms. The zero-order valence-corrected chi connectivity index (χ0v) is 10.9. The van der Waals surface area contributed by atoms with E-state index in [0.29, 0.717) is 12.3 Å². The van der Waals surface area contributed by atoms with Gasteiger partial charge in [0.25, 0.3) is 0 Å². The Hall–Kier alpha value is -1.51. The molecule has 2 rings (SSSR count). The molecule has 0 aliphatic carbocycles. The van der Waals surface area contributed by atoms with E-state index in [0.717, 1.165) is 11.4 Å².